The fourth-order valence-electron chi connectivity index (χ4n) is 3.78. The molecule has 0 saturated carbocycles. The van der Waals surface area contributed by atoms with E-state index in [1.807, 2.05) is 6.92 Å². The van der Waals surface area contributed by atoms with Crippen molar-refractivity contribution in [3.05, 3.63) is 0 Å². The molecule has 0 aromatic rings. The minimum absolute atomic E-state index is 0.00923. The molecular weight excluding hydrogens is 786 g/mol. The van der Waals surface area contributed by atoms with Crippen LogP contribution in [0.5, 0.6) is 0 Å². The second-order valence-corrected chi connectivity index (χ2v) is 12.3. The van der Waals surface area contributed by atoms with Gasteiger partial charge in [0.1, 0.15) is 6.29 Å². The SMILES string of the molecule is CCCN(O)C(=O)CCC(=O)NCCOCCN(O)C(=O)CCC(=O)NCCOCCN(O)C(=O)CCC(N)=O.CCCNC(=O)CCC=O.CN(O)CCOCCN. The molecule has 0 radical (unpaired) electrons. The summed E-state index contributed by atoms with van der Waals surface area (Å²) in [6.45, 7) is 7.03. The minimum atomic E-state index is -0.682. The Hall–Kier alpha value is -4.40. The third-order valence-corrected chi connectivity index (χ3v) is 6.93. The van der Waals surface area contributed by atoms with Gasteiger partial charge in [0, 0.05) is 97.7 Å². The molecule has 0 spiro atoms. The van der Waals surface area contributed by atoms with Crippen LogP contribution >= 0.6 is 0 Å². The number of hydroxylamine groups is 8. The summed E-state index contributed by atoms with van der Waals surface area (Å²) in [5, 5.41) is 47.5. The summed E-state index contributed by atoms with van der Waals surface area (Å²) in [4.78, 5) is 89.6. The van der Waals surface area contributed by atoms with E-state index >= 15 is 0 Å². The number of hydrogen-bond acceptors (Lipinski definition) is 17. The first-order chi connectivity index (χ1) is 28.0. The summed E-state index contributed by atoms with van der Waals surface area (Å²) < 4.78 is 15.4. The molecule has 0 aliphatic rings. The number of amides is 7. The highest BCUT2D eigenvalue weighted by Crippen LogP contribution is 1.98. The van der Waals surface area contributed by atoms with Gasteiger partial charge in [-0.2, -0.15) is 5.06 Å². The summed E-state index contributed by atoms with van der Waals surface area (Å²) in [5.41, 5.74) is 10.1. The first kappa shape index (κ1) is 58.9. The van der Waals surface area contributed by atoms with Gasteiger partial charge in [-0.05, 0) is 12.8 Å². The number of aldehydes is 1. The van der Waals surface area contributed by atoms with Crippen molar-refractivity contribution in [2.24, 2.45) is 11.5 Å². The maximum Gasteiger partial charge on any atom is 0.246 e. The molecule has 24 nitrogen and oxygen atoms in total. The van der Waals surface area contributed by atoms with Gasteiger partial charge in [-0.3, -0.25) is 49.2 Å². The van der Waals surface area contributed by atoms with E-state index in [0.29, 0.717) is 67.3 Å². The Bertz CT molecular complexity index is 1170. The quantitative estimate of drug-likeness (QED) is 0.0148. The van der Waals surface area contributed by atoms with E-state index in [2.05, 4.69) is 16.0 Å². The second-order valence-electron chi connectivity index (χ2n) is 12.3. The van der Waals surface area contributed by atoms with E-state index in [4.69, 9.17) is 30.9 Å². The first-order valence-corrected chi connectivity index (χ1v) is 19.4. The van der Waals surface area contributed by atoms with Gasteiger partial charge in [0.05, 0.1) is 52.7 Å². The summed E-state index contributed by atoms with van der Waals surface area (Å²) in [6.07, 6.45) is 1.94. The molecule has 0 atom stereocenters. The molecular formula is C35H69N9O15. The highest BCUT2D eigenvalue weighted by molar-refractivity contribution is 5.84. The standard InChI is InChI=1S/C23H42N6O11.C7H13NO2.C5H14N2O2/c1-2-11-27(36)22(34)7-4-19(31)25-9-15-40-17-13-29(38)23(35)8-5-20(32)26-10-14-39-16-12-28(37)21(33)6-3-18(24)30;1-2-5-8-7(10)4-3-6-9;1-7(8)3-5-9-4-2-6/h36-38H,2-17H2,1H3,(H2,24,30)(H,25,31)(H,26,32);6H,2-5H2,1H3,(H,8,10);8H,2-6H2,1H3. The lowest BCUT2D eigenvalue weighted by molar-refractivity contribution is -0.168. The number of carbonyl (C=O) groups excluding carboxylic acids is 8. The summed E-state index contributed by atoms with van der Waals surface area (Å²) in [5.74, 6) is -3.40. The number of rotatable bonds is 33. The molecule has 0 aliphatic carbocycles. The monoisotopic (exact) mass is 855 g/mol. The zero-order chi connectivity index (χ0) is 45.3. The Morgan fingerprint density at radius 1 is 0.542 bits per heavy atom. The van der Waals surface area contributed by atoms with Gasteiger partial charge in [0.2, 0.25) is 41.4 Å². The largest absolute Gasteiger partial charge is 0.379 e. The van der Waals surface area contributed by atoms with Gasteiger partial charge >= 0.3 is 0 Å². The smallest absolute Gasteiger partial charge is 0.246 e. The van der Waals surface area contributed by atoms with Gasteiger partial charge in [-0.1, -0.05) is 13.8 Å². The molecule has 0 unspecified atom stereocenters. The molecule has 7 amide bonds. The lowest BCUT2D eigenvalue weighted by atomic mass is 10.2. The Kier molecular flexibility index (Phi) is 41.7. The summed E-state index contributed by atoms with van der Waals surface area (Å²) in [6, 6.07) is 0. The Morgan fingerprint density at radius 2 is 0.949 bits per heavy atom. The molecule has 0 aliphatic heterocycles. The number of carbonyl (C=O) groups is 8. The van der Waals surface area contributed by atoms with Crippen LogP contribution in [0, 0.1) is 0 Å². The predicted molar refractivity (Wildman–Crippen MR) is 208 cm³/mol. The van der Waals surface area contributed by atoms with Crippen LogP contribution in [0.4, 0.5) is 0 Å². The second kappa shape index (κ2) is 41.7. The molecule has 0 aromatic heterocycles. The van der Waals surface area contributed by atoms with E-state index < -0.39 is 29.5 Å². The molecule has 0 saturated heterocycles. The summed E-state index contributed by atoms with van der Waals surface area (Å²) in [7, 11) is 1.58. The van der Waals surface area contributed by atoms with E-state index in [9.17, 15) is 54.0 Å². The van der Waals surface area contributed by atoms with Crippen LogP contribution in [0.2, 0.25) is 0 Å². The van der Waals surface area contributed by atoms with Gasteiger partial charge < -0.3 is 51.6 Å². The van der Waals surface area contributed by atoms with Crippen molar-refractivity contribution in [3.63, 3.8) is 0 Å². The normalized spacial score (nSPS) is 10.3. The van der Waals surface area contributed by atoms with Crippen molar-refractivity contribution in [2.75, 3.05) is 99.0 Å². The van der Waals surface area contributed by atoms with Gasteiger partial charge in [-0.25, -0.2) is 15.2 Å². The van der Waals surface area contributed by atoms with Crippen LogP contribution < -0.4 is 27.4 Å². The molecule has 59 heavy (non-hydrogen) atoms. The van der Waals surface area contributed by atoms with Crippen LogP contribution in [-0.2, 0) is 52.6 Å². The van der Waals surface area contributed by atoms with Crippen molar-refractivity contribution in [1.82, 2.24) is 36.2 Å². The lowest BCUT2D eigenvalue weighted by Crippen LogP contribution is -2.34. The number of nitrogens with one attached hydrogen (secondary N) is 3. The van der Waals surface area contributed by atoms with Crippen LogP contribution in [0.15, 0.2) is 0 Å². The molecule has 0 aromatic carbocycles. The molecule has 0 heterocycles. The van der Waals surface area contributed by atoms with E-state index in [1.54, 1.807) is 14.0 Å². The highest BCUT2D eigenvalue weighted by atomic mass is 16.5. The maximum atomic E-state index is 11.9. The average Bonchev–Trinajstić information content (AvgIpc) is 3.20. The highest BCUT2D eigenvalue weighted by Gasteiger charge is 2.15. The van der Waals surface area contributed by atoms with Crippen molar-refractivity contribution in [2.45, 2.75) is 78.1 Å². The van der Waals surface area contributed by atoms with Crippen LogP contribution in [-0.4, -0.2) is 188 Å². The van der Waals surface area contributed by atoms with E-state index in [-0.39, 0.29) is 109 Å². The third kappa shape index (κ3) is 43.0. The topological polar surface area (TPSA) is 346 Å². The van der Waals surface area contributed by atoms with Crippen molar-refractivity contribution < 1.29 is 73.4 Å². The average molecular weight is 856 g/mol. The number of primary amides is 1. The van der Waals surface area contributed by atoms with Crippen molar-refractivity contribution in [1.29, 1.82) is 0 Å². The van der Waals surface area contributed by atoms with Crippen molar-refractivity contribution in [3.8, 4) is 0 Å². The molecule has 0 bridgehead atoms. The molecule has 24 heteroatoms. The minimum Gasteiger partial charge on any atom is -0.379 e. The lowest BCUT2D eigenvalue weighted by Gasteiger charge is -2.15. The zero-order valence-corrected chi connectivity index (χ0v) is 34.8. The van der Waals surface area contributed by atoms with Gasteiger partial charge in [0.25, 0.3) is 0 Å². The van der Waals surface area contributed by atoms with E-state index in [1.165, 1.54) is 0 Å². The summed E-state index contributed by atoms with van der Waals surface area (Å²) >= 11 is 0. The molecule has 0 fully saturated rings. The van der Waals surface area contributed by atoms with Crippen LogP contribution in [0.3, 0.4) is 0 Å². The maximum absolute atomic E-state index is 11.9. The van der Waals surface area contributed by atoms with Crippen LogP contribution in [0.1, 0.15) is 78.1 Å². The van der Waals surface area contributed by atoms with Crippen LogP contribution in [0.25, 0.3) is 0 Å². The number of nitrogens with two attached hydrogens (primary N) is 2. The van der Waals surface area contributed by atoms with Crippen molar-refractivity contribution >= 4 is 47.6 Å². The number of hydrogen-bond donors (Lipinski definition) is 9. The Balaban J connectivity index is -0.00000134. The molecule has 0 rings (SSSR count). The van der Waals surface area contributed by atoms with Gasteiger partial charge in [0.15, 0.2) is 0 Å². The fourth-order valence-corrected chi connectivity index (χ4v) is 3.78. The fraction of sp³-hybridized carbons (Fsp3) is 0.771. The Morgan fingerprint density at radius 3 is 1.36 bits per heavy atom. The molecule has 11 N–H and O–H groups in total. The van der Waals surface area contributed by atoms with Gasteiger partial charge in [-0.15, -0.1) is 0 Å². The Labute approximate surface area is 345 Å². The third-order valence-electron chi connectivity index (χ3n) is 6.93. The zero-order valence-electron chi connectivity index (χ0n) is 34.8. The number of nitrogens with zero attached hydrogens (tertiary/aromatic N) is 4. The number of likely N-dealkylation sites (N-methyl/N-ethyl adjacent to an activating group) is 1. The number of ether oxygens (including phenoxy) is 3. The first-order valence-electron chi connectivity index (χ1n) is 19.4. The van der Waals surface area contributed by atoms with E-state index in [0.717, 1.165) is 17.8 Å². The predicted octanol–water partition coefficient (Wildman–Crippen LogP) is -2.08. The molecule has 344 valence electrons.